The van der Waals surface area contributed by atoms with Gasteiger partial charge in [-0.25, -0.2) is 0 Å². The molecule has 0 saturated heterocycles. The number of esters is 1. The minimum atomic E-state index is -0.753. The van der Waals surface area contributed by atoms with Gasteiger partial charge in [0.15, 0.2) is 5.78 Å². The minimum absolute atomic E-state index is 0.159. The summed E-state index contributed by atoms with van der Waals surface area (Å²) in [5.74, 6) is -1.51. The first-order valence-electron chi connectivity index (χ1n) is 8.11. The molecule has 0 fully saturated rings. The molecule has 0 N–H and O–H groups in total. The number of ether oxygens (including phenoxy) is 1. The largest absolute Gasteiger partial charge is 0.465 e. The summed E-state index contributed by atoms with van der Waals surface area (Å²) in [5.41, 5.74) is 3.16. The van der Waals surface area contributed by atoms with Gasteiger partial charge >= 0.3 is 5.97 Å². The van der Waals surface area contributed by atoms with Crippen LogP contribution in [0.15, 0.2) is 47.9 Å². The number of carbonyl (C=O) groups is 2. The van der Waals surface area contributed by atoms with Crippen molar-refractivity contribution in [2.45, 2.75) is 26.2 Å². The number of ketones is 1. The molecule has 1 aromatic carbocycles. The first-order chi connectivity index (χ1) is 11.6. The number of hydrogen-bond acceptors (Lipinski definition) is 4. The van der Waals surface area contributed by atoms with Gasteiger partial charge in [-0.3, -0.25) is 9.59 Å². The molecule has 0 amide bonds. The lowest BCUT2D eigenvalue weighted by molar-refractivity contribution is -0.151. The number of thiophene rings is 1. The van der Waals surface area contributed by atoms with Gasteiger partial charge in [0.05, 0.1) is 6.61 Å². The Bertz CT molecular complexity index is 757. The Kier molecular flexibility index (Phi) is 4.95. The number of carbonyl (C=O) groups excluding carboxylic acids is 2. The maximum atomic E-state index is 12.7. The zero-order valence-electron chi connectivity index (χ0n) is 13.8. The van der Waals surface area contributed by atoms with E-state index in [1.54, 1.807) is 24.3 Å². The zero-order chi connectivity index (χ0) is 17.1. The van der Waals surface area contributed by atoms with E-state index in [9.17, 15) is 9.59 Å². The minimum Gasteiger partial charge on any atom is -0.465 e. The van der Waals surface area contributed by atoms with Crippen LogP contribution >= 0.6 is 11.3 Å². The molecular formula is C20H20O3S. The lowest BCUT2D eigenvalue weighted by atomic mass is 9.74. The van der Waals surface area contributed by atoms with Crippen LogP contribution in [0.1, 0.15) is 35.3 Å². The van der Waals surface area contributed by atoms with Crippen LogP contribution in [0.25, 0.3) is 5.57 Å². The molecule has 3 rings (SSSR count). The Morgan fingerprint density at radius 2 is 2.00 bits per heavy atom. The van der Waals surface area contributed by atoms with Crippen LogP contribution in [-0.2, 0) is 14.3 Å². The molecule has 1 aliphatic rings. The van der Waals surface area contributed by atoms with Crippen LogP contribution in [0.3, 0.4) is 0 Å². The Hall–Kier alpha value is -2.20. The highest BCUT2D eigenvalue weighted by atomic mass is 32.1. The molecule has 4 heteroatoms. The molecule has 3 nitrogen and oxygen atoms in total. The van der Waals surface area contributed by atoms with E-state index in [4.69, 9.17) is 4.74 Å². The van der Waals surface area contributed by atoms with Crippen molar-refractivity contribution in [2.75, 3.05) is 6.61 Å². The lowest BCUT2D eigenvalue weighted by Crippen LogP contribution is -2.33. The predicted molar refractivity (Wildman–Crippen MR) is 96.0 cm³/mol. The van der Waals surface area contributed by atoms with Crippen molar-refractivity contribution in [3.8, 4) is 0 Å². The van der Waals surface area contributed by atoms with Gasteiger partial charge in [-0.1, -0.05) is 35.9 Å². The van der Waals surface area contributed by atoms with Crippen LogP contribution in [0.2, 0.25) is 0 Å². The molecule has 0 bridgehead atoms. The van der Waals surface area contributed by atoms with Crippen molar-refractivity contribution >= 4 is 28.7 Å². The molecule has 0 saturated carbocycles. The summed E-state index contributed by atoms with van der Waals surface area (Å²) >= 11 is 1.61. The molecule has 1 aliphatic carbocycles. The van der Waals surface area contributed by atoms with E-state index in [1.165, 1.54) is 0 Å². The molecule has 2 unspecified atom stereocenters. The molecule has 0 aliphatic heterocycles. The third kappa shape index (κ3) is 3.34. The van der Waals surface area contributed by atoms with Gasteiger partial charge in [0.25, 0.3) is 0 Å². The quantitative estimate of drug-likeness (QED) is 0.613. The Balaban J connectivity index is 2.00. The van der Waals surface area contributed by atoms with Gasteiger partial charge in [0.1, 0.15) is 5.92 Å². The highest BCUT2D eigenvalue weighted by molar-refractivity contribution is 7.11. The first-order valence-corrected chi connectivity index (χ1v) is 8.99. The Morgan fingerprint density at radius 1 is 1.25 bits per heavy atom. The van der Waals surface area contributed by atoms with Crippen molar-refractivity contribution < 1.29 is 14.3 Å². The van der Waals surface area contributed by atoms with E-state index in [1.807, 2.05) is 48.7 Å². The van der Waals surface area contributed by atoms with E-state index in [2.05, 4.69) is 0 Å². The van der Waals surface area contributed by atoms with Crippen molar-refractivity contribution in [1.82, 2.24) is 0 Å². The average molecular weight is 340 g/mol. The number of hydrogen-bond donors (Lipinski definition) is 0. The molecule has 24 heavy (non-hydrogen) atoms. The molecule has 124 valence electrons. The fourth-order valence-corrected chi connectivity index (χ4v) is 3.90. The van der Waals surface area contributed by atoms with Gasteiger partial charge < -0.3 is 4.74 Å². The van der Waals surface area contributed by atoms with Crippen LogP contribution in [0, 0.1) is 12.8 Å². The number of benzene rings is 1. The number of allylic oxidation sites excluding steroid dienone is 2. The Morgan fingerprint density at radius 3 is 2.62 bits per heavy atom. The molecule has 1 aromatic heterocycles. The fraction of sp³-hybridized carbons (Fsp3) is 0.300. The number of aryl methyl sites for hydroxylation is 1. The molecule has 0 spiro atoms. The van der Waals surface area contributed by atoms with Gasteiger partial charge in [0, 0.05) is 10.8 Å². The summed E-state index contributed by atoms with van der Waals surface area (Å²) in [6.45, 7) is 4.07. The van der Waals surface area contributed by atoms with E-state index >= 15 is 0 Å². The lowest BCUT2D eigenvalue weighted by Gasteiger charge is -2.29. The smallest absolute Gasteiger partial charge is 0.317 e. The van der Waals surface area contributed by atoms with Crippen LogP contribution in [0.5, 0.6) is 0 Å². The molecule has 0 radical (unpaired) electrons. The van der Waals surface area contributed by atoms with Crippen molar-refractivity contribution in [1.29, 1.82) is 0 Å². The molecule has 2 aromatic rings. The normalized spacial score (nSPS) is 20.6. The van der Waals surface area contributed by atoms with Crippen LogP contribution in [-0.4, -0.2) is 18.4 Å². The van der Waals surface area contributed by atoms with Crippen molar-refractivity contribution in [2.24, 2.45) is 5.92 Å². The van der Waals surface area contributed by atoms with Crippen LogP contribution in [0.4, 0.5) is 0 Å². The van der Waals surface area contributed by atoms with Crippen molar-refractivity contribution in [3.05, 3.63) is 63.9 Å². The second-order valence-corrected chi connectivity index (χ2v) is 6.95. The first kappa shape index (κ1) is 16.7. The van der Waals surface area contributed by atoms with Gasteiger partial charge in [-0.05, 0) is 48.9 Å². The Labute approximate surface area is 146 Å². The SMILES string of the molecule is CCOC(=O)C1C(=O)C=C(c2cccs2)CC1c1ccc(C)cc1. The second kappa shape index (κ2) is 7.14. The van der Waals surface area contributed by atoms with E-state index in [0.717, 1.165) is 21.6 Å². The predicted octanol–water partition coefficient (Wildman–Crippen LogP) is 4.38. The third-order valence-corrected chi connectivity index (χ3v) is 5.29. The second-order valence-electron chi connectivity index (χ2n) is 6.00. The summed E-state index contributed by atoms with van der Waals surface area (Å²) in [5, 5.41) is 2.00. The molecule has 1 heterocycles. The fourth-order valence-electron chi connectivity index (χ4n) is 3.14. The monoisotopic (exact) mass is 340 g/mol. The highest BCUT2D eigenvalue weighted by Gasteiger charge is 2.39. The van der Waals surface area contributed by atoms with Crippen LogP contribution < -0.4 is 0 Å². The standard InChI is InChI=1S/C20H20O3S/c1-3-23-20(22)19-16(14-8-6-13(2)7-9-14)11-15(12-17(19)21)18-5-4-10-24-18/h4-10,12,16,19H,3,11H2,1-2H3. The third-order valence-electron chi connectivity index (χ3n) is 4.35. The highest BCUT2D eigenvalue weighted by Crippen LogP contribution is 2.41. The topological polar surface area (TPSA) is 43.4 Å². The number of rotatable bonds is 4. The van der Waals surface area contributed by atoms with E-state index in [-0.39, 0.29) is 18.3 Å². The van der Waals surface area contributed by atoms with Gasteiger partial charge in [0.2, 0.25) is 0 Å². The van der Waals surface area contributed by atoms with Crippen molar-refractivity contribution in [3.63, 3.8) is 0 Å². The maximum absolute atomic E-state index is 12.7. The summed E-state index contributed by atoms with van der Waals surface area (Å²) in [7, 11) is 0. The van der Waals surface area contributed by atoms with Gasteiger partial charge in [-0.15, -0.1) is 11.3 Å². The molecule has 2 atom stereocenters. The van der Waals surface area contributed by atoms with E-state index in [0.29, 0.717) is 6.42 Å². The summed E-state index contributed by atoms with van der Waals surface area (Å²) in [6, 6.07) is 12.0. The average Bonchev–Trinajstić information content (AvgIpc) is 3.09. The summed E-state index contributed by atoms with van der Waals surface area (Å²) in [4.78, 5) is 26.2. The zero-order valence-corrected chi connectivity index (χ0v) is 14.6. The van der Waals surface area contributed by atoms with Gasteiger partial charge in [-0.2, -0.15) is 0 Å². The molecular weight excluding hydrogens is 320 g/mol. The summed E-state index contributed by atoms with van der Waals surface area (Å²) < 4.78 is 5.17. The summed E-state index contributed by atoms with van der Waals surface area (Å²) in [6.07, 6.45) is 2.29. The maximum Gasteiger partial charge on any atom is 0.317 e. The van der Waals surface area contributed by atoms with E-state index < -0.39 is 11.9 Å².